The standard InChI is InChI=1S/C23H23N3O2/c1-28-17-9-7-15(8-10-17)18-11-14-25-22-20(18)21-19(12-13-24-21)23(27)26(22)16-5-3-2-4-6-16/h2-6,11-15,17,24H,7-10H2,1H3. The molecule has 0 bridgehead atoms. The molecule has 1 aliphatic rings. The second kappa shape index (κ2) is 6.91. The van der Waals surface area contributed by atoms with E-state index in [1.807, 2.05) is 48.8 Å². The number of pyridine rings is 2. The van der Waals surface area contributed by atoms with E-state index in [0.29, 0.717) is 17.4 Å². The summed E-state index contributed by atoms with van der Waals surface area (Å²) in [5.74, 6) is 0.449. The molecule has 0 radical (unpaired) electrons. The Kier molecular flexibility index (Phi) is 4.24. The maximum absolute atomic E-state index is 13.3. The van der Waals surface area contributed by atoms with Crippen molar-refractivity contribution in [3.05, 3.63) is 70.8 Å². The van der Waals surface area contributed by atoms with Gasteiger partial charge in [0.2, 0.25) is 0 Å². The van der Waals surface area contributed by atoms with Crippen LogP contribution in [0.4, 0.5) is 0 Å². The van der Waals surface area contributed by atoms with Crippen molar-refractivity contribution in [3.63, 3.8) is 0 Å². The second-order valence-corrected chi connectivity index (χ2v) is 7.55. The van der Waals surface area contributed by atoms with Gasteiger partial charge in [-0.2, -0.15) is 0 Å². The maximum Gasteiger partial charge on any atom is 0.266 e. The summed E-state index contributed by atoms with van der Waals surface area (Å²) in [5, 5.41) is 1.77. The predicted molar refractivity (Wildman–Crippen MR) is 111 cm³/mol. The van der Waals surface area contributed by atoms with Crippen molar-refractivity contribution in [2.75, 3.05) is 7.11 Å². The minimum Gasteiger partial charge on any atom is -0.381 e. The molecule has 5 heteroatoms. The number of aromatic amines is 1. The molecule has 0 spiro atoms. The Morgan fingerprint density at radius 3 is 2.61 bits per heavy atom. The SMILES string of the molecule is COC1CCC(c2ccnc3c2c2[nH]ccc2c(=O)n3-c2ccccc2)CC1. The first-order valence-electron chi connectivity index (χ1n) is 9.87. The summed E-state index contributed by atoms with van der Waals surface area (Å²) in [6, 6.07) is 13.8. The Labute approximate surface area is 163 Å². The third-order valence-corrected chi connectivity index (χ3v) is 6.07. The molecule has 1 aliphatic carbocycles. The molecule has 0 unspecified atom stereocenters. The average molecular weight is 373 g/mol. The van der Waals surface area contributed by atoms with Gasteiger partial charge >= 0.3 is 0 Å². The molecule has 142 valence electrons. The molecule has 3 heterocycles. The van der Waals surface area contributed by atoms with Crippen LogP contribution < -0.4 is 5.56 Å². The van der Waals surface area contributed by atoms with Crippen molar-refractivity contribution >= 4 is 21.9 Å². The summed E-state index contributed by atoms with van der Waals surface area (Å²) in [6.07, 6.45) is 8.35. The van der Waals surface area contributed by atoms with E-state index in [1.54, 1.807) is 11.7 Å². The average Bonchev–Trinajstić information content (AvgIpc) is 3.25. The zero-order chi connectivity index (χ0) is 19.1. The number of nitrogens with zero attached hydrogens (tertiary/aromatic N) is 2. The summed E-state index contributed by atoms with van der Waals surface area (Å²) in [6.45, 7) is 0. The van der Waals surface area contributed by atoms with Crippen LogP contribution in [0.1, 0.15) is 37.2 Å². The Hall–Kier alpha value is -2.92. The Morgan fingerprint density at radius 2 is 1.86 bits per heavy atom. The topological polar surface area (TPSA) is 59.9 Å². The molecular formula is C23H23N3O2. The first-order valence-corrected chi connectivity index (χ1v) is 9.87. The highest BCUT2D eigenvalue weighted by Crippen LogP contribution is 2.38. The van der Waals surface area contributed by atoms with Crippen LogP contribution in [0.15, 0.2) is 59.7 Å². The lowest BCUT2D eigenvalue weighted by molar-refractivity contribution is 0.0660. The smallest absolute Gasteiger partial charge is 0.266 e. The normalized spacial score (nSPS) is 20.0. The monoisotopic (exact) mass is 373 g/mol. The van der Waals surface area contributed by atoms with Gasteiger partial charge in [0.1, 0.15) is 5.65 Å². The quantitative estimate of drug-likeness (QED) is 0.573. The highest BCUT2D eigenvalue weighted by Gasteiger charge is 2.26. The number of nitrogens with one attached hydrogen (secondary N) is 1. The van der Waals surface area contributed by atoms with Gasteiger partial charge in [0.25, 0.3) is 5.56 Å². The number of para-hydroxylation sites is 1. The van der Waals surface area contributed by atoms with Gasteiger partial charge in [0, 0.05) is 24.9 Å². The van der Waals surface area contributed by atoms with E-state index in [1.165, 1.54) is 5.56 Å². The molecule has 1 saturated carbocycles. The summed E-state index contributed by atoms with van der Waals surface area (Å²) >= 11 is 0. The number of benzene rings is 1. The van der Waals surface area contributed by atoms with Crippen molar-refractivity contribution in [2.45, 2.75) is 37.7 Å². The number of aromatic nitrogens is 3. The number of methoxy groups -OCH3 is 1. The van der Waals surface area contributed by atoms with E-state index < -0.39 is 0 Å². The van der Waals surface area contributed by atoms with Crippen LogP contribution in [-0.2, 0) is 4.74 Å². The van der Waals surface area contributed by atoms with Gasteiger partial charge in [0.05, 0.1) is 22.7 Å². The van der Waals surface area contributed by atoms with Crippen LogP contribution in [-0.4, -0.2) is 27.7 Å². The Balaban J connectivity index is 1.78. The largest absolute Gasteiger partial charge is 0.381 e. The lowest BCUT2D eigenvalue weighted by atomic mass is 9.81. The molecule has 4 aromatic rings. The van der Waals surface area contributed by atoms with Crippen LogP contribution >= 0.6 is 0 Å². The third-order valence-electron chi connectivity index (χ3n) is 6.07. The van der Waals surface area contributed by atoms with E-state index >= 15 is 0 Å². The zero-order valence-corrected chi connectivity index (χ0v) is 15.9. The van der Waals surface area contributed by atoms with Crippen molar-refractivity contribution in [1.29, 1.82) is 0 Å². The lowest BCUT2D eigenvalue weighted by Crippen LogP contribution is -2.22. The number of hydrogen-bond acceptors (Lipinski definition) is 3. The fraction of sp³-hybridized carbons (Fsp3) is 0.304. The van der Waals surface area contributed by atoms with Crippen LogP contribution in [0.25, 0.3) is 27.6 Å². The molecule has 0 saturated heterocycles. The zero-order valence-electron chi connectivity index (χ0n) is 15.9. The fourth-order valence-corrected chi connectivity index (χ4v) is 4.63. The first kappa shape index (κ1) is 17.2. The van der Waals surface area contributed by atoms with Crippen molar-refractivity contribution in [2.24, 2.45) is 0 Å². The van der Waals surface area contributed by atoms with E-state index in [9.17, 15) is 4.79 Å². The van der Waals surface area contributed by atoms with Crippen LogP contribution in [0, 0.1) is 0 Å². The summed E-state index contributed by atoms with van der Waals surface area (Å²) in [5.41, 5.74) is 3.69. The number of H-pyrrole nitrogens is 1. The number of ether oxygens (including phenoxy) is 1. The van der Waals surface area contributed by atoms with Gasteiger partial charge in [-0.15, -0.1) is 0 Å². The van der Waals surface area contributed by atoms with E-state index in [0.717, 1.165) is 47.9 Å². The van der Waals surface area contributed by atoms with Crippen LogP contribution in [0.2, 0.25) is 0 Å². The molecule has 0 amide bonds. The van der Waals surface area contributed by atoms with Gasteiger partial charge < -0.3 is 9.72 Å². The predicted octanol–water partition coefficient (Wildman–Crippen LogP) is 4.54. The summed E-state index contributed by atoms with van der Waals surface area (Å²) in [4.78, 5) is 21.2. The molecule has 1 aromatic carbocycles. The Bertz CT molecular complexity index is 1190. The maximum atomic E-state index is 13.3. The van der Waals surface area contributed by atoms with E-state index in [2.05, 4.69) is 16.0 Å². The highest BCUT2D eigenvalue weighted by atomic mass is 16.5. The molecule has 0 atom stereocenters. The van der Waals surface area contributed by atoms with Crippen LogP contribution in [0.3, 0.4) is 0 Å². The van der Waals surface area contributed by atoms with Gasteiger partial charge in [-0.3, -0.25) is 9.36 Å². The van der Waals surface area contributed by atoms with Gasteiger partial charge in [-0.1, -0.05) is 18.2 Å². The molecule has 1 fully saturated rings. The van der Waals surface area contributed by atoms with Crippen molar-refractivity contribution in [1.82, 2.24) is 14.5 Å². The molecule has 1 N–H and O–H groups in total. The van der Waals surface area contributed by atoms with Gasteiger partial charge in [-0.25, -0.2) is 4.98 Å². The second-order valence-electron chi connectivity index (χ2n) is 7.55. The van der Waals surface area contributed by atoms with E-state index in [-0.39, 0.29) is 5.56 Å². The molecule has 3 aromatic heterocycles. The molecule has 5 nitrogen and oxygen atoms in total. The van der Waals surface area contributed by atoms with Gasteiger partial charge in [0.15, 0.2) is 0 Å². The van der Waals surface area contributed by atoms with Crippen molar-refractivity contribution < 1.29 is 4.74 Å². The minimum absolute atomic E-state index is 0.0392. The van der Waals surface area contributed by atoms with Crippen LogP contribution in [0.5, 0.6) is 0 Å². The number of hydrogen-bond donors (Lipinski definition) is 1. The first-order chi connectivity index (χ1) is 13.8. The molecule has 5 rings (SSSR count). The molecular weight excluding hydrogens is 350 g/mol. The van der Waals surface area contributed by atoms with E-state index in [4.69, 9.17) is 4.74 Å². The fourth-order valence-electron chi connectivity index (χ4n) is 4.63. The minimum atomic E-state index is -0.0392. The molecule has 0 aliphatic heterocycles. The lowest BCUT2D eigenvalue weighted by Gasteiger charge is -2.28. The summed E-state index contributed by atoms with van der Waals surface area (Å²) < 4.78 is 7.30. The number of fused-ring (bicyclic) bond motifs is 3. The third kappa shape index (κ3) is 2.66. The Morgan fingerprint density at radius 1 is 1.07 bits per heavy atom. The number of rotatable bonds is 3. The summed E-state index contributed by atoms with van der Waals surface area (Å²) in [7, 11) is 1.80. The van der Waals surface area contributed by atoms with Gasteiger partial charge in [-0.05, 0) is 61.4 Å². The molecule has 28 heavy (non-hydrogen) atoms. The highest BCUT2D eigenvalue weighted by molar-refractivity contribution is 6.04. The van der Waals surface area contributed by atoms with Crippen molar-refractivity contribution in [3.8, 4) is 5.69 Å².